The van der Waals surface area contributed by atoms with E-state index in [-0.39, 0.29) is 11.7 Å². The van der Waals surface area contributed by atoms with Crippen molar-refractivity contribution in [2.75, 3.05) is 49.2 Å². The number of benzene rings is 2. The summed E-state index contributed by atoms with van der Waals surface area (Å²) in [5.41, 5.74) is 4.00. The van der Waals surface area contributed by atoms with Crippen LogP contribution in [-0.4, -0.2) is 65.1 Å². The number of aromatic nitrogens is 4. The van der Waals surface area contributed by atoms with Gasteiger partial charge in [0.05, 0.1) is 44.7 Å². The highest BCUT2D eigenvalue weighted by atomic mass is 32.2. The Morgan fingerprint density at radius 2 is 1.90 bits per heavy atom. The highest BCUT2D eigenvalue weighted by Gasteiger charge is 2.17. The minimum atomic E-state index is -0.0882. The second-order valence-electron chi connectivity index (χ2n) is 7.54. The molecule has 2 heterocycles. The normalized spacial score (nSPS) is 14.7. The molecule has 0 unspecified atom stereocenters. The number of hydrogen-bond acceptors (Lipinski definition) is 6. The van der Waals surface area contributed by atoms with E-state index in [4.69, 9.17) is 0 Å². The van der Waals surface area contributed by atoms with E-state index in [1.807, 2.05) is 43.3 Å². The molecule has 2 N–H and O–H groups in total. The fraction of sp³-hybridized carbons (Fsp3) is 0.333. The van der Waals surface area contributed by atoms with Crippen LogP contribution in [0.15, 0.2) is 53.7 Å². The summed E-state index contributed by atoms with van der Waals surface area (Å²) in [5.74, 6) is 0.143. The van der Waals surface area contributed by atoms with Crippen molar-refractivity contribution in [2.24, 2.45) is 0 Å². The van der Waals surface area contributed by atoms with E-state index < -0.39 is 0 Å². The van der Waals surface area contributed by atoms with E-state index in [0.29, 0.717) is 5.16 Å². The Kier molecular flexibility index (Phi) is 6.29. The van der Waals surface area contributed by atoms with Gasteiger partial charge in [0.2, 0.25) is 11.1 Å². The molecule has 1 fully saturated rings. The maximum Gasteiger partial charge on any atom is 0.234 e. The third-order valence-corrected chi connectivity index (χ3v) is 6.07. The lowest BCUT2D eigenvalue weighted by atomic mass is 10.2. The molecule has 1 aromatic heterocycles. The number of quaternary nitrogens is 1. The van der Waals surface area contributed by atoms with Crippen LogP contribution >= 0.6 is 11.8 Å². The van der Waals surface area contributed by atoms with Gasteiger partial charge in [0.15, 0.2) is 0 Å². The van der Waals surface area contributed by atoms with Gasteiger partial charge in [-0.1, -0.05) is 23.9 Å². The molecule has 9 heteroatoms. The highest BCUT2D eigenvalue weighted by Crippen LogP contribution is 2.21. The zero-order valence-electron chi connectivity index (χ0n) is 17.2. The zero-order valence-corrected chi connectivity index (χ0v) is 18.0. The first kappa shape index (κ1) is 20.4. The standard InChI is InChI=1S/C21H25N7OS/c1-16-4-3-5-19(14-16)28-21(23-24-25-28)30-15-20(29)22-17-6-8-18(9-7-17)27-12-10-26(2)11-13-27/h3-9,14H,10-13,15H2,1-2H3,(H,22,29)/p+1. The van der Waals surface area contributed by atoms with Crippen molar-refractivity contribution in [3.05, 3.63) is 54.1 Å². The average molecular weight is 425 g/mol. The predicted molar refractivity (Wildman–Crippen MR) is 119 cm³/mol. The van der Waals surface area contributed by atoms with Crippen molar-refractivity contribution in [3.8, 4) is 5.69 Å². The van der Waals surface area contributed by atoms with Crippen LogP contribution in [0.3, 0.4) is 0 Å². The minimum Gasteiger partial charge on any atom is -0.360 e. The second kappa shape index (κ2) is 9.27. The van der Waals surface area contributed by atoms with Crippen molar-refractivity contribution >= 4 is 29.0 Å². The van der Waals surface area contributed by atoms with Gasteiger partial charge in [0.1, 0.15) is 0 Å². The minimum absolute atomic E-state index is 0.0882. The smallest absolute Gasteiger partial charge is 0.234 e. The van der Waals surface area contributed by atoms with Crippen molar-refractivity contribution in [1.82, 2.24) is 20.2 Å². The van der Waals surface area contributed by atoms with Gasteiger partial charge in [-0.3, -0.25) is 4.79 Å². The summed E-state index contributed by atoms with van der Waals surface area (Å²) in [6.07, 6.45) is 0. The second-order valence-corrected chi connectivity index (χ2v) is 8.48. The number of aryl methyl sites for hydroxylation is 1. The molecule has 1 amide bonds. The molecule has 0 spiro atoms. The Bertz CT molecular complexity index is 997. The Hall–Kier alpha value is -2.91. The molecule has 4 rings (SSSR count). The van der Waals surface area contributed by atoms with Gasteiger partial charge < -0.3 is 15.1 Å². The summed E-state index contributed by atoms with van der Waals surface area (Å²) in [4.78, 5) is 16.4. The summed E-state index contributed by atoms with van der Waals surface area (Å²) >= 11 is 1.31. The maximum atomic E-state index is 12.4. The molecule has 8 nitrogen and oxygen atoms in total. The quantitative estimate of drug-likeness (QED) is 0.576. The number of tetrazole rings is 1. The molecule has 2 aromatic carbocycles. The summed E-state index contributed by atoms with van der Waals surface area (Å²) in [5, 5.41) is 15.4. The zero-order chi connectivity index (χ0) is 20.9. The van der Waals surface area contributed by atoms with E-state index in [0.717, 1.165) is 43.1 Å². The van der Waals surface area contributed by atoms with Crippen LogP contribution in [0.5, 0.6) is 0 Å². The van der Waals surface area contributed by atoms with Crippen LogP contribution in [0.2, 0.25) is 0 Å². The van der Waals surface area contributed by atoms with Gasteiger partial charge in [-0.2, -0.15) is 4.68 Å². The number of nitrogens with one attached hydrogen (secondary N) is 2. The van der Waals surface area contributed by atoms with Crippen LogP contribution in [-0.2, 0) is 4.79 Å². The van der Waals surface area contributed by atoms with E-state index >= 15 is 0 Å². The SMILES string of the molecule is Cc1cccc(-n2nnnc2SCC(=O)Nc2ccc(N3CC[NH+](C)CC3)cc2)c1. The molecule has 3 aromatic rings. The van der Waals surface area contributed by atoms with Crippen molar-refractivity contribution in [1.29, 1.82) is 0 Å². The Morgan fingerprint density at radius 3 is 2.63 bits per heavy atom. The van der Waals surface area contributed by atoms with E-state index in [1.165, 1.54) is 17.4 Å². The number of anilines is 2. The van der Waals surface area contributed by atoms with Crippen molar-refractivity contribution in [2.45, 2.75) is 12.1 Å². The fourth-order valence-corrected chi connectivity index (χ4v) is 4.11. The van der Waals surface area contributed by atoms with E-state index in [1.54, 1.807) is 9.58 Å². The van der Waals surface area contributed by atoms with Crippen LogP contribution in [0.1, 0.15) is 5.56 Å². The highest BCUT2D eigenvalue weighted by molar-refractivity contribution is 7.99. The van der Waals surface area contributed by atoms with Gasteiger partial charge >= 0.3 is 0 Å². The summed E-state index contributed by atoms with van der Waals surface area (Å²) < 4.78 is 1.65. The summed E-state index contributed by atoms with van der Waals surface area (Å²) in [6, 6.07) is 16.0. The third kappa shape index (κ3) is 4.98. The summed E-state index contributed by atoms with van der Waals surface area (Å²) in [6.45, 7) is 6.44. The molecule has 156 valence electrons. The topological polar surface area (TPSA) is 80.4 Å². The first-order chi connectivity index (χ1) is 14.6. The largest absolute Gasteiger partial charge is 0.360 e. The van der Waals surface area contributed by atoms with Crippen LogP contribution in [0, 0.1) is 6.92 Å². The number of thioether (sulfide) groups is 1. The number of nitrogens with zero attached hydrogens (tertiary/aromatic N) is 5. The number of piperazine rings is 1. The molecule has 1 saturated heterocycles. The molecule has 0 atom stereocenters. The molecule has 0 bridgehead atoms. The van der Waals surface area contributed by atoms with E-state index in [9.17, 15) is 4.79 Å². The van der Waals surface area contributed by atoms with Gasteiger partial charge in [-0.25, -0.2) is 0 Å². The first-order valence-electron chi connectivity index (χ1n) is 10.0. The molecule has 30 heavy (non-hydrogen) atoms. The number of hydrogen-bond donors (Lipinski definition) is 2. The summed E-state index contributed by atoms with van der Waals surface area (Å²) in [7, 11) is 2.23. The molecule has 0 radical (unpaired) electrons. The monoisotopic (exact) mass is 424 g/mol. The van der Waals surface area contributed by atoms with Crippen molar-refractivity contribution in [3.63, 3.8) is 0 Å². The molecule has 1 aliphatic rings. The van der Waals surface area contributed by atoms with Crippen LogP contribution in [0.25, 0.3) is 5.69 Å². The van der Waals surface area contributed by atoms with Gasteiger partial charge in [0, 0.05) is 11.4 Å². The Morgan fingerprint density at radius 1 is 1.13 bits per heavy atom. The molecule has 0 aliphatic carbocycles. The Balaban J connectivity index is 1.32. The lowest BCUT2D eigenvalue weighted by Crippen LogP contribution is -3.12. The maximum absolute atomic E-state index is 12.4. The number of amides is 1. The number of carbonyl (C=O) groups excluding carboxylic acids is 1. The lowest BCUT2D eigenvalue weighted by Gasteiger charge is -2.31. The van der Waals surface area contributed by atoms with Gasteiger partial charge in [0.25, 0.3) is 0 Å². The molecular weight excluding hydrogens is 398 g/mol. The van der Waals surface area contributed by atoms with Gasteiger partial charge in [-0.05, 0) is 59.3 Å². The Labute approximate surface area is 180 Å². The average Bonchev–Trinajstić information content (AvgIpc) is 3.22. The number of likely N-dealkylation sites (N-methyl/N-ethyl adjacent to an activating group) is 1. The molecule has 1 aliphatic heterocycles. The fourth-order valence-electron chi connectivity index (χ4n) is 3.42. The number of carbonyl (C=O) groups is 1. The number of rotatable bonds is 6. The lowest BCUT2D eigenvalue weighted by molar-refractivity contribution is -0.880. The third-order valence-electron chi connectivity index (χ3n) is 5.15. The molecular formula is C21H26N7OS+. The first-order valence-corrected chi connectivity index (χ1v) is 11.0. The van der Waals surface area contributed by atoms with Crippen LogP contribution in [0.4, 0.5) is 11.4 Å². The predicted octanol–water partition coefficient (Wildman–Crippen LogP) is 1.04. The van der Waals surface area contributed by atoms with E-state index in [2.05, 4.69) is 44.9 Å². The van der Waals surface area contributed by atoms with Crippen molar-refractivity contribution < 1.29 is 9.69 Å². The van der Waals surface area contributed by atoms with Crippen LogP contribution < -0.4 is 15.1 Å². The molecule has 0 saturated carbocycles. The van der Waals surface area contributed by atoms with Gasteiger partial charge in [-0.15, -0.1) is 5.10 Å².